The normalized spacial score (nSPS) is 10.2. The predicted molar refractivity (Wildman–Crippen MR) is 100 cm³/mol. The lowest BCUT2D eigenvalue weighted by Gasteiger charge is -2.10. The third-order valence-electron chi connectivity index (χ3n) is 3.26. The fourth-order valence-corrected chi connectivity index (χ4v) is 2.68. The number of ether oxygens (including phenoxy) is 2. The van der Waals surface area contributed by atoms with E-state index in [-0.39, 0.29) is 37.8 Å². The Morgan fingerprint density at radius 2 is 1.81 bits per heavy atom. The van der Waals surface area contributed by atoms with Gasteiger partial charge in [-0.2, -0.15) is 0 Å². The van der Waals surface area contributed by atoms with Gasteiger partial charge in [-0.25, -0.2) is 4.79 Å². The van der Waals surface area contributed by atoms with Crippen LogP contribution in [0.1, 0.15) is 10.4 Å². The number of hydrogen-bond donors (Lipinski definition) is 1. The van der Waals surface area contributed by atoms with E-state index in [9.17, 15) is 19.7 Å². The monoisotopic (exact) mass is 432 g/mol. The van der Waals surface area contributed by atoms with Crippen LogP contribution in [-0.2, 0) is 9.53 Å². The van der Waals surface area contributed by atoms with Crippen molar-refractivity contribution in [2.45, 2.75) is 0 Å². The minimum absolute atomic E-state index is 0.000556. The molecule has 2 aromatic rings. The second-order valence-electron chi connectivity index (χ2n) is 4.98. The molecule has 27 heavy (non-hydrogen) atoms. The highest BCUT2D eigenvalue weighted by atomic mass is 35.5. The van der Waals surface area contributed by atoms with Gasteiger partial charge in [0.2, 0.25) is 0 Å². The van der Waals surface area contributed by atoms with Crippen LogP contribution in [0.25, 0.3) is 0 Å². The number of carbonyl (C=O) groups excluding carboxylic acids is 2. The zero-order valence-electron chi connectivity index (χ0n) is 13.6. The van der Waals surface area contributed by atoms with E-state index in [0.717, 1.165) is 6.07 Å². The molecule has 0 spiro atoms. The van der Waals surface area contributed by atoms with E-state index in [1.165, 1.54) is 31.4 Å². The minimum Gasteiger partial charge on any atom is -0.496 e. The first-order chi connectivity index (χ1) is 12.7. The molecule has 0 aliphatic carbocycles. The third-order valence-corrected chi connectivity index (χ3v) is 4.38. The molecule has 0 fully saturated rings. The lowest BCUT2D eigenvalue weighted by molar-refractivity contribution is -0.384. The number of nitrogens with zero attached hydrogens (tertiary/aromatic N) is 1. The molecule has 0 atom stereocenters. The van der Waals surface area contributed by atoms with Gasteiger partial charge in [0, 0.05) is 0 Å². The van der Waals surface area contributed by atoms with Gasteiger partial charge in [-0.3, -0.25) is 14.9 Å². The predicted octanol–water partition coefficient (Wildman–Crippen LogP) is 4.36. The Morgan fingerprint density at radius 3 is 2.44 bits per heavy atom. The van der Waals surface area contributed by atoms with Gasteiger partial charge in [0.1, 0.15) is 11.4 Å². The van der Waals surface area contributed by atoms with Crippen LogP contribution in [0.2, 0.25) is 15.1 Å². The number of halogens is 3. The maximum atomic E-state index is 12.1. The van der Waals surface area contributed by atoms with E-state index in [0.29, 0.717) is 0 Å². The highest BCUT2D eigenvalue weighted by molar-refractivity contribution is 6.46. The van der Waals surface area contributed by atoms with Crippen molar-refractivity contribution in [2.24, 2.45) is 0 Å². The van der Waals surface area contributed by atoms with Crippen molar-refractivity contribution in [3.05, 3.63) is 61.1 Å². The summed E-state index contributed by atoms with van der Waals surface area (Å²) in [5.41, 5.74) is -0.648. The maximum absolute atomic E-state index is 12.1. The number of carbonyl (C=O) groups is 2. The SMILES string of the molecule is COc1ccc(NC(=O)COC(=O)c2c(Cl)ccc(Cl)c2Cl)c([N+](=O)[O-])c1. The molecule has 0 saturated heterocycles. The average Bonchev–Trinajstić information content (AvgIpc) is 2.63. The van der Waals surface area contributed by atoms with Crippen molar-refractivity contribution in [2.75, 3.05) is 19.0 Å². The molecular formula is C16H11Cl3N2O6. The molecule has 0 heterocycles. The number of nitro benzene ring substituents is 1. The van der Waals surface area contributed by atoms with Gasteiger partial charge in [-0.05, 0) is 24.3 Å². The summed E-state index contributed by atoms with van der Waals surface area (Å²) in [5.74, 6) is -1.52. The highest BCUT2D eigenvalue weighted by Gasteiger charge is 2.21. The van der Waals surface area contributed by atoms with Gasteiger partial charge in [-0.1, -0.05) is 34.8 Å². The van der Waals surface area contributed by atoms with Gasteiger partial charge in [-0.15, -0.1) is 0 Å². The molecule has 0 radical (unpaired) electrons. The zero-order chi connectivity index (χ0) is 20.1. The molecule has 0 aromatic heterocycles. The quantitative estimate of drug-likeness (QED) is 0.314. The van der Waals surface area contributed by atoms with E-state index in [1.54, 1.807) is 0 Å². The molecule has 1 amide bonds. The Hall–Kier alpha value is -2.55. The summed E-state index contributed by atoms with van der Waals surface area (Å²) in [6.07, 6.45) is 0. The zero-order valence-corrected chi connectivity index (χ0v) is 15.9. The molecule has 8 nitrogen and oxygen atoms in total. The number of benzene rings is 2. The van der Waals surface area contributed by atoms with E-state index >= 15 is 0 Å². The molecule has 0 bridgehead atoms. The van der Waals surface area contributed by atoms with Gasteiger partial charge in [0.15, 0.2) is 6.61 Å². The molecule has 11 heteroatoms. The number of amides is 1. The first-order valence-corrected chi connectivity index (χ1v) is 8.31. The summed E-state index contributed by atoms with van der Waals surface area (Å²) in [6.45, 7) is -0.721. The first-order valence-electron chi connectivity index (χ1n) is 7.17. The summed E-state index contributed by atoms with van der Waals surface area (Å²) in [6, 6.07) is 6.63. The summed E-state index contributed by atoms with van der Waals surface area (Å²) in [7, 11) is 1.35. The van der Waals surface area contributed by atoms with Crippen LogP contribution >= 0.6 is 34.8 Å². The Labute approximate surface area is 168 Å². The van der Waals surface area contributed by atoms with E-state index < -0.39 is 23.4 Å². The smallest absolute Gasteiger partial charge is 0.341 e. The summed E-state index contributed by atoms with van der Waals surface area (Å²) in [5, 5.41) is 13.4. The lowest BCUT2D eigenvalue weighted by atomic mass is 10.2. The molecule has 0 aliphatic heterocycles. The van der Waals surface area contributed by atoms with Crippen LogP contribution in [0.15, 0.2) is 30.3 Å². The molecule has 1 N–H and O–H groups in total. The number of nitro groups is 1. The Balaban J connectivity index is 2.08. The van der Waals surface area contributed by atoms with Gasteiger partial charge in [0.05, 0.1) is 38.7 Å². The maximum Gasteiger partial charge on any atom is 0.341 e. The molecular weight excluding hydrogens is 423 g/mol. The molecule has 0 saturated carbocycles. The second-order valence-corrected chi connectivity index (χ2v) is 6.18. The number of methoxy groups -OCH3 is 1. The van der Waals surface area contributed by atoms with Crippen LogP contribution in [0.3, 0.4) is 0 Å². The fraction of sp³-hybridized carbons (Fsp3) is 0.125. The first kappa shape index (κ1) is 20.8. The topological polar surface area (TPSA) is 108 Å². The van der Waals surface area contributed by atoms with Crippen molar-refractivity contribution >= 4 is 58.1 Å². The number of rotatable bonds is 6. The van der Waals surface area contributed by atoms with Crippen LogP contribution in [-0.4, -0.2) is 30.5 Å². The number of hydrogen-bond acceptors (Lipinski definition) is 6. The molecule has 0 aliphatic rings. The third kappa shape index (κ3) is 5.00. The Morgan fingerprint density at radius 1 is 1.15 bits per heavy atom. The van der Waals surface area contributed by atoms with Crippen molar-refractivity contribution in [3.63, 3.8) is 0 Å². The van der Waals surface area contributed by atoms with E-state index in [4.69, 9.17) is 44.3 Å². The van der Waals surface area contributed by atoms with Gasteiger partial charge >= 0.3 is 5.97 Å². The van der Waals surface area contributed by atoms with Crippen molar-refractivity contribution in [3.8, 4) is 5.75 Å². The summed E-state index contributed by atoms with van der Waals surface area (Å²) in [4.78, 5) is 34.5. The van der Waals surface area contributed by atoms with E-state index in [2.05, 4.69) is 5.32 Å². The number of anilines is 1. The Kier molecular flexibility index (Phi) is 6.84. The molecule has 142 valence electrons. The minimum atomic E-state index is -0.966. The molecule has 2 aromatic carbocycles. The highest BCUT2D eigenvalue weighted by Crippen LogP contribution is 2.32. The summed E-state index contributed by atoms with van der Waals surface area (Å²) < 4.78 is 9.75. The van der Waals surface area contributed by atoms with Crippen molar-refractivity contribution in [1.29, 1.82) is 0 Å². The van der Waals surface area contributed by atoms with Gasteiger partial charge < -0.3 is 14.8 Å². The average molecular weight is 434 g/mol. The van der Waals surface area contributed by atoms with Crippen molar-refractivity contribution in [1.82, 2.24) is 0 Å². The van der Waals surface area contributed by atoms with Crippen molar-refractivity contribution < 1.29 is 24.0 Å². The number of nitrogens with one attached hydrogen (secondary N) is 1. The molecule has 2 rings (SSSR count). The van der Waals surface area contributed by atoms with Gasteiger partial charge in [0.25, 0.3) is 11.6 Å². The van der Waals surface area contributed by atoms with E-state index in [1.807, 2.05) is 0 Å². The summed E-state index contributed by atoms with van der Waals surface area (Å²) >= 11 is 17.6. The Bertz CT molecular complexity index is 919. The standard InChI is InChI=1S/C16H11Cl3N2O6/c1-26-8-2-5-11(12(6-8)21(24)25)20-13(22)7-27-16(23)14-9(17)3-4-10(18)15(14)19/h2-6H,7H2,1H3,(H,20,22). The molecule has 0 unspecified atom stereocenters. The van der Waals surface area contributed by atoms with Crippen LogP contribution in [0.4, 0.5) is 11.4 Å². The number of esters is 1. The van der Waals surface area contributed by atoms with Crippen LogP contribution in [0, 0.1) is 10.1 Å². The lowest BCUT2D eigenvalue weighted by Crippen LogP contribution is -2.21. The van der Waals surface area contributed by atoms with Crippen LogP contribution in [0.5, 0.6) is 5.75 Å². The fourth-order valence-electron chi connectivity index (χ4n) is 2.00. The largest absolute Gasteiger partial charge is 0.496 e. The van der Waals surface area contributed by atoms with Crippen LogP contribution < -0.4 is 10.1 Å². The second kappa shape index (κ2) is 8.90.